The average Bonchev–Trinajstić information content (AvgIpc) is 1.61. The Balaban J connectivity index is 0.000000276. The summed E-state index contributed by atoms with van der Waals surface area (Å²) in [6.45, 7) is 11.2. The highest BCUT2D eigenvalue weighted by molar-refractivity contribution is 7.92. The number of sulfonamides is 3. The molecule has 0 fully saturated rings. The van der Waals surface area contributed by atoms with Crippen molar-refractivity contribution in [3.05, 3.63) is 142 Å². The van der Waals surface area contributed by atoms with E-state index in [4.69, 9.17) is 48.5 Å². The van der Waals surface area contributed by atoms with Gasteiger partial charge in [0.15, 0.2) is 17.5 Å². The highest BCUT2D eigenvalue weighted by Crippen LogP contribution is 2.41. The van der Waals surface area contributed by atoms with Crippen LogP contribution >= 0.6 is 34.8 Å². The molecule has 4 atom stereocenters. The van der Waals surface area contributed by atoms with Gasteiger partial charge in [0.05, 0.1) is 75.5 Å². The first-order chi connectivity index (χ1) is 54.7. The number of amides is 3. The van der Waals surface area contributed by atoms with Crippen molar-refractivity contribution in [2.24, 2.45) is 0 Å². The van der Waals surface area contributed by atoms with Crippen LogP contribution in [0.4, 0.5) is 44.6 Å². The molecule has 0 bridgehead atoms. The highest BCUT2D eigenvalue weighted by atomic mass is 35.5. The van der Waals surface area contributed by atoms with E-state index in [9.17, 15) is 39.6 Å². The summed E-state index contributed by atoms with van der Waals surface area (Å²) in [5, 5.41) is 21.1. The largest absolute Gasteiger partial charge is 0.453 e. The summed E-state index contributed by atoms with van der Waals surface area (Å²) >= 11 is 18.6. The number of carbonyl (C=O) groups excluding carboxylic acids is 3. The highest BCUT2D eigenvalue weighted by Gasteiger charge is 2.28. The Bertz CT molecular complexity index is 5280. The number of hydrogen-bond donors (Lipinski definition) is 6. The molecule has 0 radical (unpaired) electrons. The fraction of sp³-hybridized carbons (Fsp3) is 0.400. The minimum atomic E-state index is -4.92. The normalized spacial score (nSPS) is 14.6. The molecule has 0 aliphatic carbocycles. The van der Waals surface area contributed by atoms with Crippen LogP contribution in [0.5, 0.6) is 0 Å². The van der Waals surface area contributed by atoms with Gasteiger partial charge in [-0.25, -0.2) is 82.7 Å². The standard InChI is InChI=1S/3C23H28ClFN6O4S.CH4/c3*1-13(2)31-12-17(18-8-9-26-20(28-18)7-6-14(3)27-23(32)35-4)22(29-31)16-10-15(24)11-19(21(16)25)30-36(5,33)34;/h3*8-14,30H,6-7H2,1-5H3,(H,27,32);1H4/t3*14-;/m000./s1/i1D3,13D;2*5D3;/t13?,14-;2m;. The van der Waals surface area contributed by atoms with Gasteiger partial charge in [-0.05, 0) is 136 Å². The van der Waals surface area contributed by atoms with Crippen molar-refractivity contribution in [2.45, 2.75) is 144 Å². The number of halogens is 6. The predicted octanol–water partition coefficient (Wildman–Crippen LogP) is 13.9. The van der Waals surface area contributed by atoms with Crippen molar-refractivity contribution < 1.29 is 80.7 Å². The lowest BCUT2D eigenvalue weighted by atomic mass is 10.0. The quantitative estimate of drug-likeness (QED) is 0.0260. The van der Waals surface area contributed by atoms with Crippen LogP contribution in [0.25, 0.3) is 67.5 Å². The number of carbonyl (C=O) groups is 3. The number of benzene rings is 3. The first kappa shape index (κ1) is 73.4. The average molecular weight is 1640 g/mol. The van der Waals surface area contributed by atoms with E-state index in [-0.39, 0.29) is 97.7 Å². The molecule has 3 amide bonds. The van der Waals surface area contributed by atoms with Crippen LogP contribution < -0.4 is 30.1 Å². The van der Waals surface area contributed by atoms with Gasteiger partial charge < -0.3 is 30.2 Å². The van der Waals surface area contributed by atoms with Gasteiger partial charge in [-0.2, -0.15) is 15.3 Å². The molecule has 3 aromatic carbocycles. The molecule has 0 saturated heterocycles. The lowest BCUT2D eigenvalue weighted by Gasteiger charge is -2.12. The van der Waals surface area contributed by atoms with Gasteiger partial charge >= 0.3 is 18.3 Å². The van der Waals surface area contributed by atoms with E-state index in [1.54, 1.807) is 50.3 Å². The Hall–Kier alpha value is -9.75. The molecule has 9 rings (SSSR count). The Morgan fingerprint density at radius 3 is 1.03 bits per heavy atom. The van der Waals surface area contributed by atoms with Crippen molar-refractivity contribution in [3.8, 4) is 67.5 Å². The molecule has 590 valence electrons. The summed E-state index contributed by atoms with van der Waals surface area (Å²) in [5.74, 6) is -1.83. The lowest BCUT2D eigenvalue weighted by Crippen LogP contribution is -2.32. The molecule has 109 heavy (non-hydrogen) atoms. The second kappa shape index (κ2) is 38.6. The third-order valence-corrected chi connectivity index (χ3v) is 17.5. The van der Waals surface area contributed by atoms with Crippen LogP contribution in [0.15, 0.2) is 91.8 Å². The molecule has 0 aliphatic heterocycles. The molecular weight excluding hydrogens is 1540 g/mol. The summed E-state index contributed by atoms with van der Waals surface area (Å²) in [6.07, 6.45) is 4.10. The Labute approximate surface area is 660 Å². The van der Waals surface area contributed by atoms with Gasteiger partial charge in [0.25, 0.3) is 0 Å². The Morgan fingerprint density at radius 1 is 0.477 bits per heavy atom. The number of aryl methyl sites for hydroxylation is 3. The smallest absolute Gasteiger partial charge is 0.407 e. The number of alkyl carbamates (subject to hydrolysis) is 3. The van der Waals surface area contributed by atoms with Crippen molar-refractivity contribution >= 4 is 100 Å². The number of aromatic nitrogens is 12. The first-order valence-corrected chi connectivity index (χ1v) is 38.5. The molecule has 0 saturated carbocycles. The number of nitrogens with zero attached hydrogens (tertiary/aromatic N) is 12. The number of ether oxygens (including phenoxy) is 3. The number of hydrogen-bond acceptors (Lipinski definition) is 21. The number of anilines is 3. The zero-order valence-electron chi connectivity index (χ0n) is 70.0. The van der Waals surface area contributed by atoms with Gasteiger partial charge in [-0.1, -0.05) is 42.2 Å². The van der Waals surface area contributed by atoms with Crippen LogP contribution in [-0.2, 0) is 63.5 Å². The van der Waals surface area contributed by atoms with Gasteiger partial charge in [-0.3, -0.25) is 28.2 Å². The van der Waals surface area contributed by atoms with Crippen LogP contribution in [-0.4, -0.2) is 161 Å². The molecule has 30 nitrogen and oxygen atoms in total. The molecule has 9 aromatic rings. The van der Waals surface area contributed by atoms with E-state index in [0.717, 1.165) is 36.1 Å². The van der Waals surface area contributed by atoms with Crippen molar-refractivity contribution in [1.82, 2.24) is 75.2 Å². The van der Waals surface area contributed by atoms with Gasteiger partial charge in [-0.15, -0.1) is 0 Å². The molecule has 0 aliphatic rings. The maximum Gasteiger partial charge on any atom is 0.407 e. The Morgan fingerprint density at radius 2 is 0.761 bits per heavy atom. The minimum absolute atomic E-state index is 0. The lowest BCUT2D eigenvalue weighted by molar-refractivity contribution is 0.166. The minimum Gasteiger partial charge on any atom is -0.453 e. The van der Waals surface area contributed by atoms with Gasteiger partial charge in [0, 0.05) is 153 Å². The molecular formula is C70H88Cl3F3N18O12S3. The van der Waals surface area contributed by atoms with Crippen LogP contribution in [0.2, 0.25) is 15.1 Å². The van der Waals surface area contributed by atoms with E-state index < -0.39 is 108 Å². The van der Waals surface area contributed by atoms with Gasteiger partial charge in [0.2, 0.25) is 30.1 Å². The summed E-state index contributed by atoms with van der Waals surface area (Å²) < 4.78 is 218. The Kier molecular flexibility index (Phi) is 26.0. The second-order valence-electron chi connectivity index (χ2n) is 24.7. The van der Waals surface area contributed by atoms with E-state index in [1.165, 1.54) is 70.4 Å². The molecule has 39 heteroatoms. The molecule has 6 aromatic heterocycles. The molecule has 6 N–H and O–H groups in total. The summed E-state index contributed by atoms with van der Waals surface area (Å²) in [7, 11) is -9.91. The first-order valence-electron chi connectivity index (χ1n) is 37.5. The SMILES string of the molecule is C.[2H]C([2H])([2H])C([2H])(C)n1cc(-c2ccnc(CC[C@H](C)NC(=O)OC)n2)c(-c2cc(Cl)cc(NS(C)(=O)=O)c2F)n1.[2H]C([2H])([2H])S(=O)(=O)Nc1cc(Cl)cc(-c2nn(C(C)C)cc2-c2ccnc(CC[C@H](C)NC(=O)OC)n2)c1F.[2H]C([2H])([2H])S(=O)(=O)Nc1cc(Cl)cc(-c2nn(C(C)C)cc2-c2ccnc(CC[C@H](C)NC(=O)OC)n2)c1F. The summed E-state index contributed by atoms with van der Waals surface area (Å²) in [6, 6.07) is 8.34. The third kappa shape index (κ3) is 25.7. The maximum absolute atomic E-state index is 15.7. The maximum atomic E-state index is 15.7. The molecule has 6 heterocycles. The molecule has 0 spiro atoms. The third-order valence-electron chi connectivity index (χ3n) is 15.2. The fourth-order valence-corrected chi connectivity index (χ4v) is 12.1. The van der Waals surface area contributed by atoms with Crippen LogP contribution in [0.3, 0.4) is 0 Å². The zero-order chi connectivity index (χ0) is 88.3. The van der Waals surface area contributed by atoms with Crippen LogP contribution in [0.1, 0.15) is 138 Å². The van der Waals surface area contributed by atoms with Gasteiger partial charge in [0.1, 0.15) is 34.6 Å². The number of rotatable bonds is 27. The monoisotopic (exact) mass is 1640 g/mol. The molecule has 1 unspecified atom stereocenters. The fourth-order valence-electron chi connectivity index (χ4n) is 10.1. The summed E-state index contributed by atoms with van der Waals surface area (Å²) in [5.41, 5.74) is -0.101. The van der Waals surface area contributed by atoms with Crippen molar-refractivity contribution in [3.63, 3.8) is 0 Å². The topological polar surface area (TPSA) is 384 Å². The van der Waals surface area contributed by atoms with E-state index in [2.05, 4.69) is 80.1 Å². The van der Waals surface area contributed by atoms with Crippen molar-refractivity contribution in [1.29, 1.82) is 0 Å². The zero-order valence-corrected chi connectivity index (χ0v) is 64.8. The van der Waals surface area contributed by atoms with E-state index in [1.807, 2.05) is 41.5 Å². The van der Waals surface area contributed by atoms with E-state index in [0.29, 0.717) is 78.5 Å². The second-order valence-corrected chi connectivity index (χ2v) is 30.2. The predicted molar refractivity (Wildman–Crippen MR) is 414 cm³/mol. The van der Waals surface area contributed by atoms with Crippen molar-refractivity contribution in [2.75, 3.05) is 54.1 Å². The number of nitrogens with one attached hydrogen (secondary N) is 6. The summed E-state index contributed by atoms with van der Waals surface area (Å²) in [4.78, 5) is 60.8. The number of methoxy groups -OCH3 is 3. The van der Waals surface area contributed by atoms with Crippen LogP contribution in [0, 0.1) is 17.5 Å². The van der Waals surface area contributed by atoms with E-state index >= 15 is 13.2 Å².